The fourth-order valence-electron chi connectivity index (χ4n) is 1.51. The molecule has 0 spiro atoms. The fraction of sp³-hybridized carbons (Fsp3) is 0.538. The Hall–Kier alpha value is -0.100. The summed E-state index contributed by atoms with van der Waals surface area (Å²) in [5, 5.41) is 3.33. The average Bonchev–Trinajstić information content (AvgIpc) is 2.33. The molecule has 3 nitrogen and oxygen atoms in total. The summed E-state index contributed by atoms with van der Waals surface area (Å²) in [7, 11) is 1.70. The molecule has 102 valence electrons. The van der Waals surface area contributed by atoms with Crippen LogP contribution in [0.1, 0.15) is 18.9 Å². The summed E-state index contributed by atoms with van der Waals surface area (Å²) in [6, 6.07) is 4.08. The quantitative estimate of drug-likeness (QED) is 0.697. The minimum absolute atomic E-state index is 0.709. The molecule has 1 rings (SSSR count). The molecule has 0 amide bonds. The van der Waals surface area contributed by atoms with Crippen molar-refractivity contribution in [1.82, 2.24) is 5.32 Å². The van der Waals surface area contributed by atoms with Crippen LogP contribution in [-0.4, -0.2) is 26.9 Å². The molecule has 0 saturated heterocycles. The number of methoxy groups -OCH3 is 1. The van der Waals surface area contributed by atoms with Crippen molar-refractivity contribution in [2.75, 3.05) is 26.9 Å². The molecule has 1 aromatic rings. The van der Waals surface area contributed by atoms with Gasteiger partial charge in [0.1, 0.15) is 5.75 Å². The standard InChI is InChI=1S/C13H19Br2NO2/c1-3-5-18-13-10(9-16-4-6-17-2)7-11(14)8-12(13)15/h7-8,16H,3-6,9H2,1-2H3. The van der Waals surface area contributed by atoms with Gasteiger partial charge >= 0.3 is 0 Å². The molecule has 0 unspecified atom stereocenters. The molecular weight excluding hydrogens is 362 g/mol. The summed E-state index contributed by atoms with van der Waals surface area (Å²) in [5.41, 5.74) is 1.14. The van der Waals surface area contributed by atoms with E-state index in [0.29, 0.717) is 6.61 Å². The largest absolute Gasteiger partial charge is 0.492 e. The number of halogens is 2. The molecule has 1 aromatic carbocycles. The van der Waals surface area contributed by atoms with Gasteiger partial charge in [0.25, 0.3) is 0 Å². The first-order chi connectivity index (χ1) is 8.69. The summed E-state index contributed by atoms with van der Waals surface area (Å²) in [5.74, 6) is 0.921. The Bertz CT molecular complexity index is 372. The predicted molar refractivity (Wildman–Crippen MR) is 81.2 cm³/mol. The van der Waals surface area contributed by atoms with E-state index in [9.17, 15) is 0 Å². The fourth-order valence-corrected chi connectivity index (χ4v) is 2.94. The molecule has 0 aromatic heterocycles. The number of rotatable bonds is 8. The topological polar surface area (TPSA) is 30.5 Å². The maximum Gasteiger partial charge on any atom is 0.138 e. The van der Waals surface area contributed by atoms with Crippen molar-refractivity contribution >= 4 is 31.9 Å². The molecular formula is C13H19Br2NO2. The Labute approximate surface area is 125 Å². The monoisotopic (exact) mass is 379 g/mol. The smallest absolute Gasteiger partial charge is 0.138 e. The first-order valence-electron chi connectivity index (χ1n) is 5.99. The number of hydrogen-bond acceptors (Lipinski definition) is 3. The van der Waals surface area contributed by atoms with Crippen molar-refractivity contribution < 1.29 is 9.47 Å². The summed E-state index contributed by atoms with van der Waals surface area (Å²) in [6.07, 6.45) is 0.999. The third-order valence-corrected chi connectivity index (χ3v) is 3.38. The van der Waals surface area contributed by atoms with Crippen LogP contribution in [0.25, 0.3) is 0 Å². The second kappa shape index (κ2) is 8.91. The van der Waals surface area contributed by atoms with E-state index in [2.05, 4.69) is 50.2 Å². The Morgan fingerprint density at radius 3 is 2.67 bits per heavy atom. The lowest BCUT2D eigenvalue weighted by Gasteiger charge is -2.14. The van der Waals surface area contributed by atoms with Gasteiger partial charge in [-0.2, -0.15) is 0 Å². The Morgan fingerprint density at radius 1 is 1.22 bits per heavy atom. The Morgan fingerprint density at radius 2 is 2.00 bits per heavy atom. The van der Waals surface area contributed by atoms with Crippen molar-refractivity contribution in [3.8, 4) is 5.75 Å². The van der Waals surface area contributed by atoms with Crippen molar-refractivity contribution in [2.24, 2.45) is 0 Å². The molecule has 0 atom stereocenters. The van der Waals surface area contributed by atoms with Gasteiger partial charge in [0.05, 0.1) is 17.7 Å². The first kappa shape index (κ1) is 16.0. The molecule has 5 heteroatoms. The summed E-state index contributed by atoms with van der Waals surface area (Å²) < 4.78 is 12.8. The lowest BCUT2D eigenvalue weighted by molar-refractivity contribution is 0.199. The zero-order chi connectivity index (χ0) is 13.4. The van der Waals surface area contributed by atoms with E-state index in [1.807, 2.05) is 6.07 Å². The van der Waals surface area contributed by atoms with E-state index in [4.69, 9.17) is 9.47 Å². The van der Waals surface area contributed by atoms with Gasteiger partial charge < -0.3 is 14.8 Å². The highest BCUT2D eigenvalue weighted by Gasteiger charge is 2.09. The molecule has 0 aliphatic heterocycles. The second-order valence-electron chi connectivity index (χ2n) is 3.89. The Balaban J connectivity index is 2.72. The summed E-state index contributed by atoms with van der Waals surface area (Å²) in [6.45, 7) is 5.13. The van der Waals surface area contributed by atoms with E-state index in [1.54, 1.807) is 7.11 Å². The van der Waals surface area contributed by atoms with Crippen LogP contribution in [0.2, 0.25) is 0 Å². The van der Waals surface area contributed by atoms with Crippen LogP contribution in [0.5, 0.6) is 5.75 Å². The molecule has 0 heterocycles. The van der Waals surface area contributed by atoms with Crippen LogP contribution in [0, 0.1) is 0 Å². The van der Waals surface area contributed by atoms with Crippen LogP contribution < -0.4 is 10.1 Å². The van der Waals surface area contributed by atoms with Gasteiger partial charge in [-0.15, -0.1) is 0 Å². The van der Waals surface area contributed by atoms with Crippen molar-refractivity contribution in [1.29, 1.82) is 0 Å². The number of ether oxygens (including phenoxy) is 2. The molecule has 0 aliphatic rings. The first-order valence-corrected chi connectivity index (χ1v) is 7.58. The van der Waals surface area contributed by atoms with Crippen molar-refractivity contribution in [3.05, 3.63) is 26.6 Å². The molecule has 0 bridgehead atoms. The van der Waals surface area contributed by atoms with E-state index in [1.165, 1.54) is 0 Å². The second-order valence-corrected chi connectivity index (χ2v) is 5.66. The number of nitrogens with one attached hydrogen (secondary N) is 1. The highest BCUT2D eigenvalue weighted by Crippen LogP contribution is 2.33. The third-order valence-electron chi connectivity index (χ3n) is 2.33. The lowest BCUT2D eigenvalue weighted by Crippen LogP contribution is -2.19. The van der Waals surface area contributed by atoms with Crippen LogP contribution in [0.15, 0.2) is 21.1 Å². The van der Waals surface area contributed by atoms with E-state index in [0.717, 1.165) is 46.4 Å². The maximum absolute atomic E-state index is 5.79. The predicted octanol–water partition coefficient (Wildman–Crippen LogP) is 3.74. The van der Waals surface area contributed by atoms with E-state index < -0.39 is 0 Å². The van der Waals surface area contributed by atoms with Gasteiger partial charge in [-0.1, -0.05) is 22.9 Å². The minimum atomic E-state index is 0.709. The normalized spacial score (nSPS) is 10.7. The summed E-state index contributed by atoms with van der Waals surface area (Å²) >= 11 is 7.04. The number of hydrogen-bond donors (Lipinski definition) is 1. The van der Waals surface area contributed by atoms with Gasteiger partial charge in [0, 0.05) is 30.2 Å². The van der Waals surface area contributed by atoms with Gasteiger partial charge in [0.15, 0.2) is 0 Å². The van der Waals surface area contributed by atoms with Gasteiger partial charge in [-0.05, 0) is 34.5 Å². The molecule has 0 aliphatic carbocycles. The van der Waals surface area contributed by atoms with Gasteiger partial charge in [0.2, 0.25) is 0 Å². The van der Waals surface area contributed by atoms with Crippen molar-refractivity contribution in [3.63, 3.8) is 0 Å². The minimum Gasteiger partial charge on any atom is -0.492 e. The number of benzene rings is 1. The Kier molecular flexibility index (Phi) is 7.90. The highest BCUT2D eigenvalue weighted by molar-refractivity contribution is 9.11. The molecule has 0 radical (unpaired) electrons. The van der Waals surface area contributed by atoms with E-state index in [-0.39, 0.29) is 0 Å². The maximum atomic E-state index is 5.79. The van der Waals surface area contributed by atoms with Crippen LogP contribution in [0.3, 0.4) is 0 Å². The average molecular weight is 381 g/mol. The van der Waals surface area contributed by atoms with Gasteiger partial charge in [-0.25, -0.2) is 0 Å². The van der Waals surface area contributed by atoms with Crippen LogP contribution in [-0.2, 0) is 11.3 Å². The molecule has 1 N–H and O–H groups in total. The van der Waals surface area contributed by atoms with Crippen molar-refractivity contribution in [2.45, 2.75) is 19.9 Å². The summed E-state index contributed by atoms with van der Waals surface area (Å²) in [4.78, 5) is 0. The third kappa shape index (κ3) is 5.26. The van der Waals surface area contributed by atoms with E-state index >= 15 is 0 Å². The highest BCUT2D eigenvalue weighted by atomic mass is 79.9. The molecule has 0 fully saturated rings. The van der Waals surface area contributed by atoms with Crippen LogP contribution in [0.4, 0.5) is 0 Å². The zero-order valence-corrected chi connectivity index (χ0v) is 13.9. The lowest BCUT2D eigenvalue weighted by atomic mass is 10.2. The zero-order valence-electron chi connectivity index (χ0n) is 10.8. The van der Waals surface area contributed by atoms with Gasteiger partial charge in [-0.3, -0.25) is 0 Å². The van der Waals surface area contributed by atoms with Crippen LogP contribution >= 0.6 is 31.9 Å². The molecule has 0 saturated carbocycles. The molecule has 18 heavy (non-hydrogen) atoms. The SMILES string of the molecule is CCCOc1c(Br)cc(Br)cc1CNCCOC.